The number of halogens is 1. The van der Waals surface area contributed by atoms with Crippen molar-refractivity contribution in [2.75, 3.05) is 6.61 Å². The van der Waals surface area contributed by atoms with Crippen molar-refractivity contribution in [1.29, 1.82) is 0 Å². The molecule has 0 radical (unpaired) electrons. The highest BCUT2D eigenvalue weighted by Gasteiger charge is 2.71. The molecule has 0 amide bonds. The summed E-state index contributed by atoms with van der Waals surface area (Å²) in [5.41, 5.74) is 0.301. The number of hydrogen-bond donors (Lipinski definition) is 1. The second-order valence-corrected chi connectivity index (χ2v) is 8.55. The lowest BCUT2D eigenvalue weighted by Crippen LogP contribution is -2.61. The number of esters is 1. The van der Waals surface area contributed by atoms with Crippen LogP contribution >= 0.6 is 11.6 Å². The van der Waals surface area contributed by atoms with E-state index in [9.17, 15) is 4.79 Å². The molecular weight excluding hydrogens is 344 g/mol. The number of ether oxygens (including phenoxy) is 3. The van der Waals surface area contributed by atoms with E-state index in [4.69, 9.17) is 30.9 Å². The van der Waals surface area contributed by atoms with Crippen LogP contribution in [0.1, 0.15) is 47.0 Å². The molecule has 142 valence electrons. The van der Waals surface area contributed by atoms with Gasteiger partial charge in [0, 0.05) is 17.9 Å². The van der Waals surface area contributed by atoms with E-state index in [0.717, 1.165) is 12.8 Å². The molecule has 6 heteroatoms. The predicted octanol–water partition coefficient (Wildman–Crippen LogP) is 3.24. The fourth-order valence-corrected chi connectivity index (χ4v) is 5.64. The van der Waals surface area contributed by atoms with Crippen molar-refractivity contribution in [3.8, 4) is 0 Å². The first-order valence-corrected chi connectivity index (χ1v) is 9.65. The largest absolute Gasteiger partial charge is 0.494 e. The zero-order valence-corrected chi connectivity index (χ0v) is 16.2. The van der Waals surface area contributed by atoms with E-state index in [1.807, 2.05) is 0 Å². The Kier molecular flexibility index (Phi) is 5.13. The molecule has 2 heterocycles. The average Bonchev–Trinajstić information content (AvgIpc) is 3.07. The highest BCUT2D eigenvalue weighted by atomic mass is 35.5. The fraction of sp³-hybridized carbons (Fsp3) is 0.842. The van der Waals surface area contributed by atoms with Gasteiger partial charge in [0.15, 0.2) is 0 Å². The van der Waals surface area contributed by atoms with Gasteiger partial charge in [-0.3, -0.25) is 0 Å². The van der Waals surface area contributed by atoms with Gasteiger partial charge >= 0.3 is 5.97 Å². The Bertz CT molecular complexity index is 550. The zero-order valence-electron chi connectivity index (χ0n) is 15.4. The second kappa shape index (κ2) is 6.75. The Morgan fingerprint density at radius 3 is 2.76 bits per heavy atom. The third kappa shape index (κ3) is 2.79. The summed E-state index contributed by atoms with van der Waals surface area (Å²) in [6.45, 7) is 7.97. The average molecular weight is 373 g/mol. The minimum absolute atomic E-state index is 0.129. The summed E-state index contributed by atoms with van der Waals surface area (Å²) in [5, 5.41) is 9.13. The summed E-state index contributed by atoms with van der Waals surface area (Å²) >= 11 is 5.73. The Hall–Kier alpha value is -0.780. The van der Waals surface area contributed by atoms with Crippen molar-refractivity contribution in [2.45, 2.75) is 70.4 Å². The van der Waals surface area contributed by atoms with Gasteiger partial charge in [0.1, 0.15) is 30.0 Å². The first-order valence-electron chi connectivity index (χ1n) is 9.21. The Morgan fingerprint density at radius 2 is 2.16 bits per heavy atom. The van der Waals surface area contributed by atoms with E-state index in [-0.39, 0.29) is 24.0 Å². The van der Waals surface area contributed by atoms with Gasteiger partial charge in [0.25, 0.3) is 0 Å². The summed E-state index contributed by atoms with van der Waals surface area (Å²) in [6, 6.07) is 0. The van der Waals surface area contributed by atoms with Crippen LogP contribution in [0, 0.1) is 23.7 Å². The predicted molar refractivity (Wildman–Crippen MR) is 93.9 cm³/mol. The van der Waals surface area contributed by atoms with E-state index in [1.54, 1.807) is 0 Å². The molecule has 2 bridgehead atoms. The first-order chi connectivity index (χ1) is 11.8. The van der Waals surface area contributed by atoms with Crippen LogP contribution in [0.25, 0.3) is 0 Å². The molecule has 2 aliphatic heterocycles. The summed E-state index contributed by atoms with van der Waals surface area (Å²) in [6.07, 6.45) is 3.74. The van der Waals surface area contributed by atoms with E-state index in [1.165, 1.54) is 11.8 Å². The third-order valence-corrected chi connectivity index (χ3v) is 6.94. The number of rotatable bonds is 5. The van der Waals surface area contributed by atoms with Gasteiger partial charge in [-0.25, -0.2) is 4.79 Å². The summed E-state index contributed by atoms with van der Waals surface area (Å²) in [7, 11) is 0. The molecule has 2 saturated heterocycles. The Morgan fingerprint density at radius 1 is 1.44 bits per heavy atom. The molecule has 3 rings (SSSR count). The van der Waals surface area contributed by atoms with Crippen LogP contribution in [0.3, 0.4) is 0 Å². The van der Waals surface area contributed by atoms with E-state index >= 15 is 0 Å². The van der Waals surface area contributed by atoms with Crippen LogP contribution < -0.4 is 0 Å². The van der Waals surface area contributed by atoms with Crippen molar-refractivity contribution in [3.63, 3.8) is 0 Å². The fourth-order valence-electron chi connectivity index (χ4n) is 5.58. The van der Waals surface area contributed by atoms with E-state index in [0.29, 0.717) is 18.3 Å². The number of fused-ring (bicyclic) bond motifs is 4. The molecule has 1 saturated carbocycles. The molecule has 7 unspecified atom stereocenters. The maximum absolute atomic E-state index is 11.8. The minimum atomic E-state index is -0.610. The molecule has 25 heavy (non-hydrogen) atoms. The quantitative estimate of drug-likeness (QED) is 0.593. The van der Waals surface area contributed by atoms with Gasteiger partial charge < -0.3 is 19.3 Å². The van der Waals surface area contributed by atoms with Crippen LogP contribution in [-0.2, 0) is 19.0 Å². The van der Waals surface area contributed by atoms with Crippen LogP contribution in [0.2, 0.25) is 0 Å². The lowest BCUT2D eigenvalue weighted by Gasteiger charge is -2.53. The van der Waals surface area contributed by atoms with Crippen molar-refractivity contribution >= 4 is 17.6 Å². The van der Waals surface area contributed by atoms with Gasteiger partial charge in [-0.1, -0.05) is 32.4 Å². The lowest BCUT2D eigenvalue weighted by atomic mass is 9.69. The maximum Gasteiger partial charge on any atom is 0.332 e. The number of carbonyl (C=O) groups excluding carboxylic acids is 1. The lowest BCUT2D eigenvalue weighted by molar-refractivity contribution is -0.260. The maximum atomic E-state index is 11.8. The SMILES string of the molecule is CC1CCC2C1C(OC=CCl)C1(C(C)C)CC(OC(=O)CO)C2(C)O1. The first kappa shape index (κ1) is 19.0. The molecule has 0 aromatic carbocycles. The van der Waals surface area contributed by atoms with Gasteiger partial charge in [-0.15, -0.1) is 0 Å². The summed E-state index contributed by atoms with van der Waals surface area (Å²) in [4.78, 5) is 11.8. The second-order valence-electron chi connectivity index (χ2n) is 8.29. The summed E-state index contributed by atoms with van der Waals surface area (Å²) in [5.74, 6) is 0.676. The van der Waals surface area contributed by atoms with Crippen molar-refractivity contribution in [3.05, 3.63) is 11.8 Å². The highest BCUT2D eigenvalue weighted by molar-refractivity contribution is 6.25. The molecule has 5 nitrogen and oxygen atoms in total. The molecule has 0 aromatic rings. The number of hydrogen-bond acceptors (Lipinski definition) is 5. The topological polar surface area (TPSA) is 65.0 Å². The molecule has 3 aliphatic rings. The van der Waals surface area contributed by atoms with E-state index < -0.39 is 23.8 Å². The van der Waals surface area contributed by atoms with Crippen LogP contribution in [0.5, 0.6) is 0 Å². The Labute approximate surface area is 154 Å². The molecule has 1 aliphatic carbocycles. The third-order valence-electron chi connectivity index (χ3n) is 6.83. The zero-order chi connectivity index (χ0) is 18.4. The number of carbonyl (C=O) groups is 1. The highest BCUT2D eigenvalue weighted by Crippen LogP contribution is 2.63. The molecule has 3 fully saturated rings. The van der Waals surface area contributed by atoms with Gasteiger partial charge in [0.05, 0.1) is 6.26 Å². The van der Waals surface area contributed by atoms with Gasteiger partial charge in [-0.05, 0) is 37.5 Å². The van der Waals surface area contributed by atoms with Crippen molar-refractivity contribution in [1.82, 2.24) is 0 Å². The molecule has 0 spiro atoms. The number of aliphatic hydroxyl groups excluding tert-OH is 1. The standard InChI is InChI=1S/C19H29ClO5/c1-11(2)19-9-14(24-15(22)10-21)18(4,25-19)13-6-5-12(3)16(13)17(19)23-8-7-20/h7-8,11-14,16-17,21H,5-6,9-10H2,1-4H3. The van der Waals surface area contributed by atoms with Gasteiger partial charge in [-0.2, -0.15) is 0 Å². The van der Waals surface area contributed by atoms with Crippen molar-refractivity contribution in [2.24, 2.45) is 23.7 Å². The smallest absolute Gasteiger partial charge is 0.332 e. The van der Waals surface area contributed by atoms with Crippen LogP contribution in [-0.4, -0.2) is 41.1 Å². The monoisotopic (exact) mass is 372 g/mol. The van der Waals surface area contributed by atoms with E-state index in [2.05, 4.69) is 27.7 Å². The minimum Gasteiger partial charge on any atom is -0.494 e. The van der Waals surface area contributed by atoms with Crippen LogP contribution in [0.4, 0.5) is 0 Å². The molecule has 7 atom stereocenters. The Balaban J connectivity index is 2.04. The van der Waals surface area contributed by atoms with Gasteiger partial charge in [0.2, 0.25) is 0 Å². The normalized spacial score (nSPS) is 45.8. The molecule has 0 aromatic heterocycles. The van der Waals surface area contributed by atoms with Crippen LogP contribution in [0.15, 0.2) is 11.8 Å². The molecular formula is C19H29ClO5. The summed E-state index contributed by atoms with van der Waals surface area (Å²) < 4.78 is 18.4. The molecule has 1 N–H and O–H groups in total. The number of aliphatic hydroxyl groups is 1. The van der Waals surface area contributed by atoms with Crippen molar-refractivity contribution < 1.29 is 24.1 Å².